The van der Waals surface area contributed by atoms with E-state index >= 15 is 0 Å². The van der Waals surface area contributed by atoms with E-state index in [9.17, 15) is 25.2 Å². The van der Waals surface area contributed by atoms with Gasteiger partial charge in [-0.05, 0) is 12.8 Å². The molecule has 0 aliphatic rings. The summed E-state index contributed by atoms with van der Waals surface area (Å²) in [6.45, 7) is 4.11. The molecule has 6 heteroatoms. The highest BCUT2D eigenvalue weighted by molar-refractivity contribution is 5.80. The Bertz CT molecular complexity index is 979. The summed E-state index contributed by atoms with van der Waals surface area (Å²) in [4.78, 5) is 12.6. The summed E-state index contributed by atoms with van der Waals surface area (Å²) in [5.74, 6) is -0.574. The lowest BCUT2D eigenvalue weighted by molar-refractivity contribution is -0.132. The van der Waals surface area contributed by atoms with Gasteiger partial charge in [-0.25, -0.2) is 0 Å². The molecule has 6 nitrogen and oxygen atoms in total. The topological polar surface area (TPSA) is 110 Å². The molecule has 0 saturated carbocycles. The van der Waals surface area contributed by atoms with Crippen LogP contribution in [0.1, 0.15) is 373 Å². The Kier molecular flexibility index (Phi) is 58.6. The molecule has 0 radical (unpaired) electrons. The van der Waals surface area contributed by atoms with Crippen LogP contribution in [-0.4, -0.2) is 57.3 Å². The van der Waals surface area contributed by atoms with Crippen molar-refractivity contribution in [3.8, 4) is 0 Å². The maximum absolute atomic E-state index is 12.6. The molecule has 0 aromatic rings. The highest BCUT2D eigenvalue weighted by Gasteiger charge is 2.28. The minimum absolute atomic E-state index is 0.377. The predicted octanol–water partition coefficient (Wildman–Crippen LogP) is 19.4. The number of amides is 1. The van der Waals surface area contributed by atoms with E-state index in [0.717, 1.165) is 38.5 Å². The van der Waals surface area contributed by atoms with Gasteiger partial charge in [0.1, 0.15) is 12.2 Å². The average molecular weight is 993 g/mol. The van der Waals surface area contributed by atoms with E-state index in [-0.39, 0.29) is 0 Å². The number of rotatable bonds is 61. The molecule has 4 atom stereocenters. The zero-order valence-corrected chi connectivity index (χ0v) is 47.8. The van der Waals surface area contributed by atoms with Gasteiger partial charge < -0.3 is 25.7 Å². The maximum Gasteiger partial charge on any atom is 0.249 e. The molecule has 0 bridgehead atoms. The Morgan fingerprint density at radius 3 is 0.686 bits per heavy atom. The van der Waals surface area contributed by atoms with Crippen LogP contribution in [0.4, 0.5) is 0 Å². The monoisotopic (exact) mass is 992 g/mol. The first-order valence-corrected chi connectivity index (χ1v) is 32.4. The van der Waals surface area contributed by atoms with Crippen molar-refractivity contribution in [2.75, 3.05) is 6.61 Å². The molecule has 5 N–H and O–H groups in total. The fourth-order valence-electron chi connectivity index (χ4n) is 10.8. The standard InChI is InChI=1S/C64H129NO5/c1-3-5-7-9-11-13-15-17-19-21-23-25-27-29-30-31-32-33-34-36-38-40-42-44-46-48-50-52-54-56-58-62(68)64(70)65-60(59-66)63(69)61(67)57-55-53-51-49-47-45-43-41-39-37-35-28-26-24-22-20-18-16-14-12-10-8-6-4-2/h60-63,66-69H,3-59H2,1-2H3,(H,65,70). The van der Waals surface area contributed by atoms with Gasteiger partial charge in [0.05, 0.1) is 18.8 Å². The van der Waals surface area contributed by atoms with Crippen LogP contribution < -0.4 is 5.32 Å². The third-order valence-electron chi connectivity index (χ3n) is 15.8. The first-order chi connectivity index (χ1) is 34.5. The molecule has 0 fully saturated rings. The first kappa shape index (κ1) is 69.3. The minimum Gasteiger partial charge on any atom is -0.394 e. The lowest BCUT2D eigenvalue weighted by Crippen LogP contribution is -2.53. The summed E-state index contributed by atoms with van der Waals surface area (Å²) in [5.41, 5.74) is 0. The van der Waals surface area contributed by atoms with Crippen LogP contribution in [0, 0.1) is 0 Å². The van der Waals surface area contributed by atoms with Gasteiger partial charge in [0.15, 0.2) is 0 Å². The number of aliphatic hydroxyl groups is 4. The number of aliphatic hydroxyl groups excluding tert-OH is 4. The first-order valence-electron chi connectivity index (χ1n) is 32.4. The predicted molar refractivity (Wildman–Crippen MR) is 307 cm³/mol. The van der Waals surface area contributed by atoms with Crippen LogP contribution in [0.25, 0.3) is 0 Å². The summed E-state index contributed by atoms with van der Waals surface area (Å²) in [7, 11) is 0. The van der Waals surface area contributed by atoms with Crippen LogP contribution in [0.5, 0.6) is 0 Å². The van der Waals surface area contributed by atoms with E-state index < -0.39 is 36.9 Å². The molecule has 0 heterocycles. The van der Waals surface area contributed by atoms with Crippen molar-refractivity contribution in [2.24, 2.45) is 0 Å². The largest absolute Gasteiger partial charge is 0.394 e. The van der Waals surface area contributed by atoms with Gasteiger partial charge in [-0.3, -0.25) is 4.79 Å². The Morgan fingerprint density at radius 2 is 0.486 bits per heavy atom. The molecule has 0 rings (SSSR count). The number of hydrogen-bond acceptors (Lipinski definition) is 5. The Morgan fingerprint density at radius 1 is 0.300 bits per heavy atom. The van der Waals surface area contributed by atoms with E-state index in [4.69, 9.17) is 0 Å². The number of unbranched alkanes of at least 4 members (excludes halogenated alkanes) is 52. The van der Waals surface area contributed by atoms with E-state index in [0.29, 0.717) is 12.8 Å². The van der Waals surface area contributed by atoms with E-state index in [1.54, 1.807) is 0 Å². The zero-order chi connectivity index (χ0) is 50.9. The van der Waals surface area contributed by atoms with Crippen molar-refractivity contribution in [3.05, 3.63) is 0 Å². The van der Waals surface area contributed by atoms with Crippen LogP contribution in [0.2, 0.25) is 0 Å². The van der Waals surface area contributed by atoms with E-state index in [2.05, 4.69) is 19.2 Å². The maximum atomic E-state index is 12.6. The third kappa shape index (κ3) is 52.2. The normalized spacial score (nSPS) is 13.5. The fourth-order valence-corrected chi connectivity index (χ4v) is 10.8. The summed E-state index contributed by atoms with van der Waals surface area (Å²) >= 11 is 0. The number of carbonyl (C=O) groups is 1. The molecule has 420 valence electrons. The quantitative estimate of drug-likeness (QED) is 0.0390. The molecule has 0 spiro atoms. The number of nitrogens with one attached hydrogen (secondary N) is 1. The second-order valence-electron chi connectivity index (χ2n) is 22.8. The smallest absolute Gasteiger partial charge is 0.249 e. The lowest BCUT2D eigenvalue weighted by Gasteiger charge is -2.27. The van der Waals surface area contributed by atoms with Crippen molar-refractivity contribution in [3.63, 3.8) is 0 Å². The van der Waals surface area contributed by atoms with Gasteiger partial charge in [-0.1, -0.05) is 361 Å². The SMILES string of the molecule is CCCCCCCCCCCCCCCCCCCCCCCCCCCCCCCCC(O)C(=O)NC(CO)C(O)C(O)CCCCCCCCCCCCCCCCCCCCCCCCCC. The van der Waals surface area contributed by atoms with Gasteiger partial charge in [-0.15, -0.1) is 0 Å². The summed E-state index contributed by atoms with van der Waals surface area (Å²) in [5, 5.41) is 44.2. The van der Waals surface area contributed by atoms with Gasteiger partial charge in [0, 0.05) is 0 Å². The van der Waals surface area contributed by atoms with Crippen LogP contribution >= 0.6 is 0 Å². The second kappa shape index (κ2) is 59.2. The highest BCUT2D eigenvalue weighted by atomic mass is 16.3. The molecule has 0 aromatic heterocycles. The highest BCUT2D eigenvalue weighted by Crippen LogP contribution is 2.20. The molecule has 70 heavy (non-hydrogen) atoms. The van der Waals surface area contributed by atoms with E-state index in [1.165, 1.54) is 308 Å². The molecule has 0 aromatic carbocycles. The van der Waals surface area contributed by atoms with Crippen LogP contribution in [0.15, 0.2) is 0 Å². The second-order valence-corrected chi connectivity index (χ2v) is 22.8. The van der Waals surface area contributed by atoms with Crippen LogP contribution in [-0.2, 0) is 4.79 Å². The van der Waals surface area contributed by atoms with Gasteiger partial charge >= 0.3 is 0 Å². The number of carbonyl (C=O) groups excluding carboxylic acids is 1. The summed E-state index contributed by atoms with van der Waals surface area (Å²) in [6, 6.07) is -0.982. The third-order valence-corrected chi connectivity index (χ3v) is 15.8. The summed E-state index contributed by atoms with van der Waals surface area (Å²) in [6.07, 6.45) is 70.6. The molecule has 0 aliphatic carbocycles. The number of hydrogen-bond donors (Lipinski definition) is 5. The van der Waals surface area contributed by atoms with Crippen molar-refractivity contribution in [1.82, 2.24) is 5.32 Å². The molecule has 0 aliphatic heterocycles. The molecule has 0 saturated heterocycles. The average Bonchev–Trinajstić information content (AvgIpc) is 3.36. The fraction of sp³-hybridized carbons (Fsp3) is 0.984. The molecular formula is C64H129NO5. The van der Waals surface area contributed by atoms with Crippen molar-refractivity contribution < 1.29 is 25.2 Å². The minimum atomic E-state index is -1.26. The summed E-state index contributed by atoms with van der Waals surface area (Å²) < 4.78 is 0. The lowest BCUT2D eigenvalue weighted by atomic mass is 9.99. The molecule has 4 unspecified atom stereocenters. The van der Waals surface area contributed by atoms with Gasteiger partial charge in [0.25, 0.3) is 0 Å². The Balaban J connectivity index is 3.53. The molecule has 1 amide bonds. The van der Waals surface area contributed by atoms with Gasteiger partial charge in [-0.2, -0.15) is 0 Å². The van der Waals surface area contributed by atoms with E-state index in [1.807, 2.05) is 0 Å². The molecular weight excluding hydrogens is 863 g/mol. The van der Waals surface area contributed by atoms with Gasteiger partial charge in [0.2, 0.25) is 5.91 Å². The Labute approximate surface area is 439 Å². The Hall–Kier alpha value is -0.690. The van der Waals surface area contributed by atoms with Crippen LogP contribution in [0.3, 0.4) is 0 Å². The van der Waals surface area contributed by atoms with Crippen molar-refractivity contribution in [2.45, 2.75) is 398 Å². The van der Waals surface area contributed by atoms with Crippen molar-refractivity contribution in [1.29, 1.82) is 0 Å². The van der Waals surface area contributed by atoms with Crippen molar-refractivity contribution >= 4 is 5.91 Å². The zero-order valence-electron chi connectivity index (χ0n) is 47.8.